The maximum atomic E-state index is 12.9. The summed E-state index contributed by atoms with van der Waals surface area (Å²) < 4.78 is 7.26. The van der Waals surface area contributed by atoms with Gasteiger partial charge in [-0.3, -0.25) is 14.5 Å². The molecule has 1 aromatic rings. The quantitative estimate of drug-likeness (QED) is 0.771. The third-order valence-electron chi connectivity index (χ3n) is 5.73. The molecule has 3 aliphatic rings. The van der Waals surface area contributed by atoms with Gasteiger partial charge in [0, 0.05) is 39.2 Å². The van der Waals surface area contributed by atoms with Crippen LogP contribution >= 0.6 is 0 Å². The van der Waals surface area contributed by atoms with E-state index in [-0.39, 0.29) is 23.6 Å². The van der Waals surface area contributed by atoms with Crippen LogP contribution in [-0.4, -0.2) is 63.9 Å². The second kappa shape index (κ2) is 6.88. The zero-order chi connectivity index (χ0) is 17.4. The van der Waals surface area contributed by atoms with Gasteiger partial charge < -0.3 is 9.64 Å². The topological polar surface area (TPSA) is 67.7 Å². The van der Waals surface area contributed by atoms with Crippen molar-refractivity contribution < 1.29 is 9.53 Å². The Balaban J connectivity index is 1.42. The van der Waals surface area contributed by atoms with Crippen LogP contribution in [0.25, 0.3) is 0 Å². The Bertz CT molecular complexity index is 715. The molecule has 25 heavy (non-hydrogen) atoms. The number of carbonyl (C=O) groups is 1. The first kappa shape index (κ1) is 16.7. The van der Waals surface area contributed by atoms with Gasteiger partial charge in [0.1, 0.15) is 0 Å². The van der Waals surface area contributed by atoms with Crippen molar-refractivity contribution in [1.29, 1.82) is 0 Å². The zero-order valence-corrected chi connectivity index (χ0v) is 14.8. The smallest absolute Gasteiger partial charge is 0.266 e. The van der Waals surface area contributed by atoms with Crippen molar-refractivity contribution in [2.24, 2.45) is 7.05 Å². The first-order valence-electron chi connectivity index (χ1n) is 9.31. The molecule has 0 bridgehead atoms. The molecular formula is C18H26N4O3. The second-order valence-corrected chi connectivity index (χ2v) is 7.39. The molecule has 2 fully saturated rings. The van der Waals surface area contributed by atoms with Crippen LogP contribution in [0, 0.1) is 0 Å². The minimum absolute atomic E-state index is 0.0925. The van der Waals surface area contributed by atoms with Gasteiger partial charge in [0.15, 0.2) is 0 Å². The number of amides is 1. The van der Waals surface area contributed by atoms with E-state index in [9.17, 15) is 9.59 Å². The van der Waals surface area contributed by atoms with E-state index < -0.39 is 0 Å². The van der Waals surface area contributed by atoms with Crippen LogP contribution in [0.4, 0.5) is 0 Å². The van der Waals surface area contributed by atoms with Crippen LogP contribution in [0.1, 0.15) is 36.9 Å². The molecule has 0 N–H and O–H groups in total. The Hall–Kier alpha value is -1.73. The van der Waals surface area contributed by atoms with Gasteiger partial charge in [0.25, 0.3) is 5.56 Å². The first-order chi connectivity index (χ1) is 12.1. The highest BCUT2D eigenvalue weighted by molar-refractivity contribution is 5.78. The first-order valence-corrected chi connectivity index (χ1v) is 9.31. The van der Waals surface area contributed by atoms with Crippen molar-refractivity contribution in [3.05, 3.63) is 27.7 Å². The predicted molar refractivity (Wildman–Crippen MR) is 92.2 cm³/mol. The molecule has 1 aliphatic carbocycles. The number of aromatic nitrogens is 2. The normalized spacial score (nSPS) is 26.8. The highest BCUT2D eigenvalue weighted by Crippen LogP contribution is 2.28. The second-order valence-electron chi connectivity index (χ2n) is 7.39. The molecule has 1 saturated heterocycles. The summed E-state index contributed by atoms with van der Waals surface area (Å²) in [6.45, 7) is 3.20. The van der Waals surface area contributed by atoms with E-state index in [2.05, 4.69) is 10.00 Å². The number of fused-ring (bicyclic) bond motifs is 2. The van der Waals surface area contributed by atoms with Crippen molar-refractivity contribution in [3.8, 4) is 0 Å². The van der Waals surface area contributed by atoms with Gasteiger partial charge in [0.05, 0.1) is 31.0 Å². The molecule has 1 amide bonds. The minimum Gasteiger partial charge on any atom is -0.374 e. The van der Waals surface area contributed by atoms with Gasteiger partial charge in [-0.05, 0) is 18.4 Å². The molecule has 0 aromatic carbocycles. The van der Waals surface area contributed by atoms with Crippen molar-refractivity contribution >= 4 is 5.91 Å². The fourth-order valence-corrected chi connectivity index (χ4v) is 4.37. The number of hydrogen-bond donors (Lipinski definition) is 0. The number of aryl methyl sites for hydroxylation is 1. The Labute approximate surface area is 147 Å². The predicted octanol–water partition coefficient (Wildman–Crippen LogP) is 0.308. The fourth-order valence-electron chi connectivity index (χ4n) is 4.37. The van der Waals surface area contributed by atoms with Crippen molar-refractivity contribution in [2.75, 3.05) is 26.2 Å². The van der Waals surface area contributed by atoms with Crippen molar-refractivity contribution in [1.82, 2.24) is 19.6 Å². The van der Waals surface area contributed by atoms with Crippen molar-refractivity contribution in [2.45, 2.75) is 50.8 Å². The average Bonchev–Trinajstić information content (AvgIpc) is 2.62. The highest BCUT2D eigenvalue weighted by atomic mass is 16.5. The van der Waals surface area contributed by atoms with Gasteiger partial charge in [-0.25, -0.2) is 4.68 Å². The molecule has 1 aromatic heterocycles. The van der Waals surface area contributed by atoms with Crippen LogP contribution in [-0.2, 0) is 29.5 Å². The van der Waals surface area contributed by atoms with E-state index in [4.69, 9.17) is 4.74 Å². The summed E-state index contributed by atoms with van der Waals surface area (Å²) in [4.78, 5) is 28.9. The fraction of sp³-hybridized carbons (Fsp3) is 0.722. The van der Waals surface area contributed by atoms with E-state index in [1.54, 1.807) is 13.1 Å². The minimum atomic E-state index is -0.0925. The van der Waals surface area contributed by atoms with E-state index in [0.717, 1.165) is 37.1 Å². The van der Waals surface area contributed by atoms with Gasteiger partial charge in [-0.2, -0.15) is 5.10 Å². The van der Waals surface area contributed by atoms with Gasteiger partial charge in [-0.1, -0.05) is 12.8 Å². The molecular weight excluding hydrogens is 320 g/mol. The van der Waals surface area contributed by atoms with E-state index in [1.165, 1.54) is 17.5 Å². The molecule has 3 heterocycles. The molecule has 7 heteroatoms. The molecule has 2 atom stereocenters. The summed E-state index contributed by atoms with van der Waals surface area (Å²) in [7, 11) is 1.68. The number of rotatable bonds is 2. The van der Waals surface area contributed by atoms with Crippen LogP contribution in [0.2, 0.25) is 0 Å². The lowest BCUT2D eigenvalue weighted by Gasteiger charge is -2.44. The monoisotopic (exact) mass is 346 g/mol. The van der Waals surface area contributed by atoms with Gasteiger partial charge in [0.2, 0.25) is 5.91 Å². The van der Waals surface area contributed by atoms with Crippen LogP contribution in [0.5, 0.6) is 0 Å². The maximum Gasteiger partial charge on any atom is 0.266 e. The Kier molecular flexibility index (Phi) is 4.60. The molecule has 0 unspecified atom stereocenters. The zero-order valence-electron chi connectivity index (χ0n) is 14.8. The average molecular weight is 346 g/mol. The summed E-state index contributed by atoms with van der Waals surface area (Å²) in [6.07, 6.45) is 5.51. The molecule has 0 spiro atoms. The largest absolute Gasteiger partial charge is 0.374 e. The van der Waals surface area contributed by atoms with Crippen LogP contribution in [0.15, 0.2) is 10.9 Å². The van der Waals surface area contributed by atoms with E-state index in [0.29, 0.717) is 26.2 Å². The Morgan fingerprint density at radius 1 is 1.32 bits per heavy atom. The summed E-state index contributed by atoms with van der Waals surface area (Å²) in [5.41, 5.74) is 1.84. The summed E-state index contributed by atoms with van der Waals surface area (Å²) in [6, 6.07) is 1.91. The molecule has 4 rings (SSSR count). The van der Waals surface area contributed by atoms with Gasteiger partial charge >= 0.3 is 0 Å². The Morgan fingerprint density at radius 3 is 3.04 bits per heavy atom. The lowest BCUT2D eigenvalue weighted by molar-refractivity contribution is -0.150. The molecule has 7 nitrogen and oxygen atoms in total. The number of carbonyl (C=O) groups excluding carboxylic acids is 1. The number of ether oxygens (including phenoxy) is 1. The maximum absolute atomic E-state index is 12.9. The third kappa shape index (κ3) is 3.35. The van der Waals surface area contributed by atoms with Crippen LogP contribution < -0.4 is 5.56 Å². The van der Waals surface area contributed by atoms with Crippen molar-refractivity contribution in [3.63, 3.8) is 0 Å². The molecule has 0 radical (unpaired) electrons. The molecule has 1 saturated carbocycles. The summed E-state index contributed by atoms with van der Waals surface area (Å²) in [5.74, 6) is 0.195. The summed E-state index contributed by atoms with van der Waals surface area (Å²) in [5, 5.41) is 4.34. The lowest BCUT2D eigenvalue weighted by atomic mass is 9.90. The Morgan fingerprint density at radius 2 is 2.16 bits per heavy atom. The number of morpholine rings is 1. The summed E-state index contributed by atoms with van der Waals surface area (Å²) >= 11 is 0. The SMILES string of the molecule is Cn1nc2c(cc1=O)CN(CC(=O)N1CCO[C@H]3CCCC[C@@H]31)CC2. The highest BCUT2D eigenvalue weighted by Gasteiger charge is 2.37. The van der Waals surface area contributed by atoms with Gasteiger partial charge in [-0.15, -0.1) is 0 Å². The molecule has 136 valence electrons. The van der Waals surface area contributed by atoms with Crippen LogP contribution in [0.3, 0.4) is 0 Å². The molecule has 2 aliphatic heterocycles. The standard InChI is InChI=1S/C18H26N4O3/c1-20-17(23)10-13-11-21(7-6-14(13)19-20)12-18(24)22-8-9-25-16-5-3-2-4-15(16)22/h10,15-16H,2-9,11-12H2,1H3/t15-,16-/m0/s1. The number of hydrogen-bond acceptors (Lipinski definition) is 5. The van der Waals surface area contributed by atoms with E-state index >= 15 is 0 Å². The number of nitrogens with zero attached hydrogens (tertiary/aromatic N) is 4. The van der Waals surface area contributed by atoms with E-state index in [1.807, 2.05) is 4.90 Å². The third-order valence-corrected chi connectivity index (χ3v) is 5.73. The lowest BCUT2D eigenvalue weighted by Crippen LogP contribution is -2.57.